The molecule has 0 aromatic heterocycles. The van der Waals surface area contributed by atoms with Gasteiger partial charge in [-0.1, -0.05) is 15.9 Å². The zero-order valence-corrected chi connectivity index (χ0v) is 13.6. The lowest BCUT2D eigenvalue weighted by atomic mass is 10.2. The fourth-order valence-corrected chi connectivity index (χ4v) is 3.34. The second-order valence-corrected chi connectivity index (χ2v) is 6.56. The number of hydroxylamine groups is 2. The van der Waals surface area contributed by atoms with E-state index in [9.17, 15) is 4.79 Å². The third-order valence-corrected chi connectivity index (χ3v) is 5.08. The number of carbonyl (C=O) groups is 1. The van der Waals surface area contributed by atoms with Gasteiger partial charge in [0, 0.05) is 15.9 Å². The fraction of sp³-hybridized carbons (Fsp3) is 0.500. The monoisotopic (exact) mass is 343 g/mol. The zero-order valence-electron chi connectivity index (χ0n) is 11.2. The molecule has 0 saturated carbocycles. The van der Waals surface area contributed by atoms with Gasteiger partial charge < -0.3 is 0 Å². The Morgan fingerprint density at radius 1 is 1.37 bits per heavy atom. The SMILES string of the molecule is Cc1cc(SCC(=O)N2CCCCO2)c(C)cc1Br. The predicted octanol–water partition coefficient (Wildman–Crippen LogP) is 3.71. The van der Waals surface area contributed by atoms with E-state index in [2.05, 4.69) is 41.9 Å². The third kappa shape index (κ3) is 3.97. The summed E-state index contributed by atoms with van der Waals surface area (Å²) in [5, 5.41) is 1.51. The third-order valence-electron chi connectivity index (χ3n) is 3.09. The highest BCUT2D eigenvalue weighted by Crippen LogP contribution is 2.28. The van der Waals surface area contributed by atoms with Gasteiger partial charge >= 0.3 is 0 Å². The van der Waals surface area contributed by atoms with Crippen LogP contribution in [0.25, 0.3) is 0 Å². The molecule has 1 heterocycles. The van der Waals surface area contributed by atoms with Crippen LogP contribution < -0.4 is 0 Å². The molecule has 0 spiro atoms. The van der Waals surface area contributed by atoms with E-state index >= 15 is 0 Å². The number of rotatable bonds is 3. The zero-order chi connectivity index (χ0) is 13.8. The van der Waals surface area contributed by atoms with Gasteiger partial charge in [-0.25, -0.2) is 5.06 Å². The normalized spacial score (nSPS) is 15.6. The van der Waals surface area contributed by atoms with Gasteiger partial charge in [0.1, 0.15) is 0 Å². The van der Waals surface area contributed by atoms with Crippen LogP contribution in [-0.4, -0.2) is 29.9 Å². The number of aryl methyl sites for hydroxylation is 2. The van der Waals surface area contributed by atoms with Crippen LogP contribution in [0.15, 0.2) is 21.5 Å². The number of nitrogens with zero attached hydrogens (tertiary/aromatic N) is 1. The summed E-state index contributed by atoms with van der Waals surface area (Å²) in [4.78, 5) is 18.5. The molecule has 1 amide bonds. The Labute approximate surface area is 126 Å². The molecule has 3 nitrogen and oxygen atoms in total. The van der Waals surface area contributed by atoms with Gasteiger partial charge in [0.2, 0.25) is 0 Å². The molecule has 1 aliphatic heterocycles. The van der Waals surface area contributed by atoms with Crippen molar-refractivity contribution in [3.8, 4) is 0 Å². The molecule has 0 atom stereocenters. The average molecular weight is 344 g/mol. The standard InChI is InChI=1S/C14H18BrNO2S/c1-10-8-13(11(2)7-12(10)15)19-9-14(17)16-5-3-4-6-18-16/h7-8H,3-6,9H2,1-2H3. The Morgan fingerprint density at radius 2 is 2.16 bits per heavy atom. The van der Waals surface area contributed by atoms with Crippen LogP contribution in [0.3, 0.4) is 0 Å². The van der Waals surface area contributed by atoms with Crippen LogP contribution in [0.1, 0.15) is 24.0 Å². The van der Waals surface area contributed by atoms with Gasteiger partial charge in [-0.05, 0) is 49.9 Å². The lowest BCUT2D eigenvalue weighted by Crippen LogP contribution is -2.36. The van der Waals surface area contributed by atoms with E-state index in [4.69, 9.17) is 4.84 Å². The highest BCUT2D eigenvalue weighted by Gasteiger charge is 2.18. The second kappa shape index (κ2) is 6.77. The summed E-state index contributed by atoms with van der Waals surface area (Å²) in [6.45, 7) is 5.50. The number of hydrogen-bond donors (Lipinski definition) is 0. The molecule has 0 bridgehead atoms. The van der Waals surface area contributed by atoms with Gasteiger partial charge in [-0.2, -0.15) is 0 Å². The molecule has 1 aromatic carbocycles. The van der Waals surface area contributed by atoms with Crippen molar-refractivity contribution >= 4 is 33.6 Å². The van der Waals surface area contributed by atoms with Gasteiger partial charge in [-0.3, -0.25) is 9.63 Å². The summed E-state index contributed by atoms with van der Waals surface area (Å²) in [7, 11) is 0. The molecule has 0 radical (unpaired) electrons. The summed E-state index contributed by atoms with van der Waals surface area (Å²) in [5.41, 5.74) is 2.38. The van der Waals surface area contributed by atoms with Gasteiger partial charge in [0.15, 0.2) is 0 Å². The quantitative estimate of drug-likeness (QED) is 0.783. The van der Waals surface area contributed by atoms with Crippen molar-refractivity contribution in [2.75, 3.05) is 18.9 Å². The number of halogens is 1. The number of thioether (sulfide) groups is 1. The van der Waals surface area contributed by atoms with Gasteiger partial charge in [0.25, 0.3) is 5.91 Å². The minimum absolute atomic E-state index is 0.0599. The lowest BCUT2D eigenvalue weighted by Gasteiger charge is -2.25. The minimum Gasteiger partial charge on any atom is -0.272 e. The van der Waals surface area contributed by atoms with E-state index < -0.39 is 0 Å². The van der Waals surface area contributed by atoms with Crippen LogP contribution in [0, 0.1) is 13.8 Å². The van der Waals surface area contributed by atoms with E-state index in [0.29, 0.717) is 12.4 Å². The number of hydrogen-bond acceptors (Lipinski definition) is 3. The summed E-state index contributed by atoms with van der Waals surface area (Å²) in [5.74, 6) is 0.492. The van der Waals surface area contributed by atoms with Gasteiger partial charge in [-0.15, -0.1) is 11.8 Å². The van der Waals surface area contributed by atoms with E-state index in [0.717, 1.165) is 28.8 Å². The first-order chi connectivity index (χ1) is 9.08. The van der Waals surface area contributed by atoms with Crippen molar-refractivity contribution in [3.63, 3.8) is 0 Å². The highest BCUT2D eigenvalue weighted by molar-refractivity contribution is 9.10. The molecule has 0 unspecified atom stereocenters. The molecule has 1 aromatic rings. The molecule has 19 heavy (non-hydrogen) atoms. The van der Waals surface area contributed by atoms with Crippen LogP contribution in [0.5, 0.6) is 0 Å². The summed E-state index contributed by atoms with van der Waals surface area (Å²) < 4.78 is 1.11. The van der Waals surface area contributed by atoms with E-state index in [1.807, 2.05) is 0 Å². The fourth-order valence-electron chi connectivity index (χ4n) is 1.91. The van der Waals surface area contributed by atoms with Crippen molar-refractivity contribution in [1.29, 1.82) is 0 Å². The number of amides is 1. The smallest absolute Gasteiger partial charge is 0.256 e. The molecule has 5 heteroatoms. The summed E-state index contributed by atoms with van der Waals surface area (Å²) in [6.07, 6.45) is 2.08. The average Bonchev–Trinajstić information content (AvgIpc) is 2.42. The molecule has 2 rings (SSSR count). The predicted molar refractivity (Wildman–Crippen MR) is 81.2 cm³/mol. The maximum absolute atomic E-state index is 12.0. The maximum Gasteiger partial charge on any atom is 0.256 e. The molecular weight excluding hydrogens is 326 g/mol. The Bertz CT molecular complexity index is 473. The van der Waals surface area contributed by atoms with Crippen LogP contribution >= 0.6 is 27.7 Å². The molecule has 1 aliphatic rings. The van der Waals surface area contributed by atoms with Crippen LogP contribution in [0.4, 0.5) is 0 Å². The van der Waals surface area contributed by atoms with E-state index in [1.165, 1.54) is 16.2 Å². The molecule has 0 aliphatic carbocycles. The summed E-state index contributed by atoms with van der Waals surface area (Å²) in [6, 6.07) is 4.22. The van der Waals surface area contributed by atoms with E-state index in [1.54, 1.807) is 11.8 Å². The molecule has 104 valence electrons. The first-order valence-corrected chi connectivity index (χ1v) is 8.18. The summed E-state index contributed by atoms with van der Waals surface area (Å²) >= 11 is 5.10. The Morgan fingerprint density at radius 3 is 2.84 bits per heavy atom. The van der Waals surface area contributed by atoms with Crippen LogP contribution in [0.2, 0.25) is 0 Å². The van der Waals surface area contributed by atoms with Crippen molar-refractivity contribution in [1.82, 2.24) is 5.06 Å². The van der Waals surface area contributed by atoms with Crippen LogP contribution in [-0.2, 0) is 9.63 Å². The highest BCUT2D eigenvalue weighted by atomic mass is 79.9. The molecule has 1 fully saturated rings. The van der Waals surface area contributed by atoms with Gasteiger partial charge in [0.05, 0.1) is 12.4 Å². The lowest BCUT2D eigenvalue weighted by molar-refractivity contribution is -0.194. The Hall–Kier alpha value is -0.520. The minimum atomic E-state index is 0.0599. The largest absolute Gasteiger partial charge is 0.272 e. The van der Waals surface area contributed by atoms with E-state index in [-0.39, 0.29) is 5.91 Å². The second-order valence-electron chi connectivity index (χ2n) is 4.69. The van der Waals surface area contributed by atoms with Crippen molar-refractivity contribution in [3.05, 3.63) is 27.7 Å². The maximum atomic E-state index is 12.0. The first kappa shape index (κ1) is 14.9. The first-order valence-electron chi connectivity index (χ1n) is 6.41. The van der Waals surface area contributed by atoms with Crippen molar-refractivity contribution in [2.45, 2.75) is 31.6 Å². The van der Waals surface area contributed by atoms with Crippen molar-refractivity contribution < 1.29 is 9.63 Å². The number of carbonyl (C=O) groups excluding carboxylic acids is 1. The Kier molecular flexibility index (Phi) is 5.30. The number of benzene rings is 1. The molecule has 1 saturated heterocycles. The topological polar surface area (TPSA) is 29.5 Å². The Balaban J connectivity index is 1.94. The van der Waals surface area contributed by atoms with Crippen molar-refractivity contribution in [2.24, 2.45) is 0 Å². The molecule has 0 N–H and O–H groups in total. The molecular formula is C14H18BrNO2S.